The van der Waals surface area contributed by atoms with Crippen LogP contribution >= 0.6 is 11.3 Å². The Balaban J connectivity index is 1.93. The van der Waals surface area contributed by atoms with Gasteiger partial charge in [0.1, 0.15) is 22.7 Å². The minimum atomic E-state index is -0.434. The van der Waals surface area contributed by atoms with Gasteiger partial charge in [0.05, 0.1) is 6.61 Å². The van der Waals surface area contributed by atoms with E-state index in [2.05, 4.69) is 5.10 Å². The van der Waals surface area contributed by atoms with Crippen molar-refractivity contribution in [1.29, 1.82) is 0 Å². The molecule has 114 valence electrons. The summed E-state index contributed by atoms with van der Waals surface area (Å²) in [4.78, 5) is 25.3. The largest absolute Gasteiger partial charge is 0.465 e. The first kappa shape index (κ1) is 13.5. The Morgan fingerprint density at radius 1 is 1.50 bits per heavy atom. The fourth-order valence-electron chi connectivity index (χ4n) is 2.70. The first-order valence-electron chi connectivity index (χ1n) is 7.34. The molecule has 6 nitrogen and oxygen atoms in total. The van der Waals surface area contributed by atoms with Gasteiger partial charge in [-0.1, -0.05) is 0 Å². The molecule has 3 heterocycles. The third-order valence-corrected chi connectivity index (χ3v) is 4.76. The zero-order valence-corrected chi connectivity index (χ0v) is 12.9. The Kier molecular flexibility index (Phi) is 3.04. The zero-order valence-electron chi connectivity index (χ0n) is 12.1. The molecule has 22 heavy (non-hydrogen) atoms. The summed E-state index contributed by atoms with van der Waals surface area (Å²) in [6.45, 7) is 1.90. The van der Waals surface area contributed by atoms with Crippen LogP contribution in [0.3, 0.4) is 0 Å². The Bertz CT molecular complexity index is 933. The Labute approximate surface area is 129 Å². The lowest BCUT2D eigenvalue weighted by Crippen LogP contribution is -2.30. The molecule has 0 N–H and O–H groups in total. The van der Waals surface area contributed by atoms with Crippen molar-refractivity contribution in [3.05, 3.63) is 33.7 Å². The maximum atomic E-state index is 12.6. The van der Waals surface area contributed by atoms with Crippen LogP contribution in [0.25, 0.3) is 15.7 Å². The van der Waals surface area contributed by atoms with Gasteiger partial charge in [0, 0.05) is 11.3 Å². The molecule has 0 unspecified atom stereocenters. The van der Waals surface area contributed by atoms with Gasteiger partial charge in [-0.2, -0.15) is 5.10 Å². The molecule has 3 aromatic heterocycles. The van der Waals surface area contributed by atoms with Crippen molar-refractivity contribution in [3.63, 3.8) is 0 Å². The van der Waals surface area contributed by atoms with Crippen LogP contribution in [-0.4, -0.2) is 26.8 Å². The van der Waals surface area contributed by atoms with Crippen molar-refractivity contribution in [2.45, 2.75) is 32.2 Å². The molecule has 0 atom stereocenters. The number of ether oxygens (including phenoxy) is 1. The molecule has 0 amide bonds. The number of fused-ring (bicyclic) bond motifs is 3. The van der Waals surface area contributed by atoms with Crippen molar-refractivity contribution < 1.29 is 9.53 Å². The molecule has 0 saturated heterocycles. The number of carbonyl (C=O) groups is 1. The molecular weight excluding hydrogens is 302 g/mol. The monoisotopic (exact) mass is 317 g/mol. The van der Waals surface area contributed by atoms with Crippen LogP contribution in [0.4, 0.5) is 0 Å². The van der Waals surface area contributed by atoms with Gasteiger partial charge in [-0.25, -0.2) is 4.68 Å². The first-order valence-corrected chi connectivity index (χ1v) is 8.22. The molecule has 0 radical (unpaired) electrons. The van der Waals surface area contributed by atoms with Gasteiger partial charge in [-0.05, 0) is 37.3 Å². The Hall–Kier alpha value is -2.15. The first-order chi connectivity index (χ1) is 10.7. The van der Waals surface area contributed by atoms with E-state index in [4.69, 9.17) is 4.74 Å². The lowest BCUT2D eigenvalue weighted by Gasteiger charge is -2.09. The van der Waals surface area contributed by atoms with Gasteiger partial charge in [-0.3, -0.25) is 14.0 Å². The maximum absolute atomic E-state index is 12.6. The van der Waals surface area contributed by atoms with E-state index in [1.165, 1.54) is 4.68 Å². The minimum absolute atomic E-state index is 0.137. The highest BCUT2D eigenvalue weighted by molar-refractivity contribution is 7.16. The van der Waals surface area contributed by atoms with Gasteiger partial charge in [0.25, 0.3) is 5.56 Å². The fourth-order valence-corrected chi connectivity index (χ4v) is 3.60. The number of rotatable bonds is 4. The van der Waals surface area contributed by atoms with Crippen molar-refractivity contribution in [1.82, 2.24) is 14.2 Å². The molecular formula is C15H15N3O3S. The van der Waals surface area contributed by atoms with Crippen LogP contribution in [-0.2, 0) is 16.1 Å². The van der Waals surface area contributed by atoms with E-state index in [0.717, 1.165) is 28.9 Å². The Morgan fingerprint density at radius 2 is 2.32 bits per heavy atom. The molecule has 1 aliphatic carbocycles. The highest BCUT2D eigenvalue weighted by Gasteiger charge is 2.30. The lowest BCUT2D eigenvalue weighted by molar-refractivity contribution is -0.144. The van der Waals surface area contributed by atoms with Gasteiger partial charge in [-0.15, -0.1) is 11.3 Å². The summed E-state index contributed by atoms with van der Waals surface area (Å²) >= 11 is 1.60. The van der Waals surface area contributed by atoms with E-state index >= 15 is 0 Å². The number of thiophene rings is 1. The number of nitrogens with zero attached hydrogens (tertiary/aromatic N) is 3. The van der Waals surface area contributed by atoms with Crippen molar-refractivity contribution >= 4 is 33.0 Å². The standard InChI is InChI=1S/C15H15N3O3S/c1-2-21-12(19)8-17-14(20)11-7-10-5-6-22-15(10)18(11)13(16-17)9-3-4-9/h5-7,9H,2-4,8H2,1H3. The SMILES string of the molecule is CCOC(=O)Cn1nc(C2CC2)n2c(cc3ccsc32)c1=O. The van der Waals surface area contributed by atoms with E-state index < -0.39 is 5.97 Å². The molecule has 3 aromatic rings. The third-order valence-electron chi connectivity index (χ3n) is 3.84. The summed E-state index contributed by atoms with van der Waals surface area (Å²) in [7, 11) is 0. The normalized spacial score (nSPS) is 14.8. The van der Waals surface area contributed by atoms with Crippen molar-refractivity contribution in [2.24, 2.45) is 0 Å². The van der Waals surface area contributed by atoms with E-state index in [0.29, 0.717) is 18.0 Å². The summed E-state index contributed by atoms with van der Waals surface area (Å²) in [5, 5.41) is 7.51. The molecule has 4 rings (SSSR count). The van der Waals surface area contributed by atoms with Crippen LogP contribution in [0.5, 0.6) is 0 Å². The number of esters is 1. The number of hydrogen-bond acceptors (Lipinski definition) is 5. The third kappa shape index (κ3) is 2.04. The predicted octanol–water partition coefficient (Wildman–Crippen LogP) is 2.15. The van der Waals surface area contributed by atoms with E-state index in [1.54, 1.807) is 18.3 Å². The average molecular weight is 317 g/mol. The molecule has 1 fully saturated rings. The highest BCUT2D eigenvalue weighted by Crippen LogP contribution is 2.40. The number of carbonyl (C=O) groups excluding carboxylic acids is 1. The molecule has 0 bridgehead atoms. The lowest BCUT2D eigenvalue weighted by atomic mass is 10.4. The number of hydrogen-bond donors (Lipinski definition) is 0. The smallest absolute Gasteiger partial charge is 0.327 e. The van der Waals surface area contributed by atoms with Gasteiger partial charge in [0.15, 0.2) is 0 Å². The van der Waals surface area contributed by atoms with Crippen LogP contribution in [0.1, 0.15) is 31.5 Å². The molecule has 0 spiro atoms. The van der Waals surface area contributed by atoms with Crippen molar-refractivity contribution in [2.75, 3.05) is 6.61 Å². The Morgan fingerprint density at radius 3 is 3.05 bits per heavy atom. The molecule has 0 aromatic carbocycles. The van der Waals surface area contributed by atoms with Gasteiger partial charge < -0.3 is 4.74 Å². The number of aromatic nitrogens is 3. The second-order valence-corrected chi connectivity index (χ2v) is 6.34. The highest BCUT2D eigenvalue weighted by atomic mass is 32.1. The van der Waals surface area contributed by atoms with E-state index in [-0.39, 0.29) is 12.1 Å². The predicted molar refractivity (Wildman–Crippen MR) is 83.4 cm³/mol. The summed E-state index contributed by atoms with van der Waals surface area (Å²) in [6.07, 6.45) is 2.15. The molecule has 1 aliphatic rings. The maximum Gasteiger partial charge on any atom is 0.327 e. The van der Waals surface area contributed by atoms with Crippen LogP contribution in [0.15, 0.2) is 22.3 Å². The van der Waals surface area contributed by atoms with Crippen LogP contribution in [0, 0.1) is 0 Å². The van der Waals surface area contributed by atoms with E-state index in [1.807, 2.05) is 21.9 Å². The zero-order chi connectivity index (χ0) is 15.3. The van der Waals surface area contributed by atoms with Gasteiger partial charge >= 0.3 is 5.97 Å². The quantitative estimate of drug-likeness (QED) is 0.692. The average Bonchev–Trinajstić information content (AvgIpc) is 3.11. The summed E-state index contributed by atoms with van der Waals surface area (Å²) < 4.78 is 8.13. The summed E-state index contributed by atoms with van der Waals surface area (Å²) in [6, 6.07) is 3.88. The van der Waals surface area contributed by atoms with Crippen LogP contribution < -0.4 is 5.56 Å². The topological polar surface area (TPSA) is 65.6 Å². The van der Waals surface area contributed by atoms with E-state index in [9.17, 15) is 9.59 Å². The second kappa shape index (κ2) is 4.95. The van der Waals surface area contributed by atoms with Crippen LogP contribution in [0.2, 0.25) is 0 Å². The summed E-state index contributed by atoms with van der Waals surface area (Å²) in [5.74, 6) is 0.808. The fraction of sp³-hybridized carbons (Fsp3) is 0.400. The summed E-state index contributed by atoms with van der Waals surface area (Å²) in [5.41, 5.74) is 0.337. The second-order valence-electron chi connectivity index (χ2n) is 5.45. The van der Waals surface area contributed by atoms with Crippen molar-refractivity contribution in [3.8, 4) is 0 Å². The van der Waals surface area contributed by atoms with Gasteiger partial charge in [0.2, 0.25) is 0 Å². The molecule has 0 aliphatic heterocycles. The minimum Gasteiger partial charge on any atom is -0.465 e. The molecule has 1 saturated carbocycles. The molecule has 7 heteroatoms.